The minimum atomic E-state index is -0.396. The van der Waals surface area contributed by atoms with E-state index in [9.17, 15) is 9.59 Å². The molecule has 0 aromatic rings. The molecule has 6 heteroatoms. The van der Waals surface area contributed by atoms with Crippen LogP contribution in [0.3, 0.4) is 0 Å². The van der Waals surface area contributed by atoms with Crippen LogP contribution < -0.4 is 11.4 Å². The Morgan fingerprint density at radius 1 is 1.13 bits per heavy atom. The SMILES string of the molecule is CONC(=O)CCCCCCC(=O)ON. The number of hydrogen-bond donors (Lipinski definition) is 2. The van der Waals surface area contributed by atoms with Crippen molar-refractivity contribution < 1.29 is 19.3 Å². The van der Waals surface area contributed by atoms with Crippen molar-refractivity contribution in [1.82, 2.24) is 5.48 Å². The quantitative estimate of drug-likeness (QED) is 0.455. The second-order valence-electron chi connectivity index (χ2n) is 3.13. The number of nitrogens with two attached hydrogens (primary N) is 1. The zero-order valence-corrected chi connectivity index (χ0v) is 8.95. The second kappa shape index (κ2) is 9.42. The summed E-state index contributed by atoms with van der Waals surface area (Å²) in [5, 5.41) is 0. The monoisotopic (exact) mass is 218 g/mol. The molecule has 0 rings (SSSR count). The van der Waals surface area contributed by atoms with Crippen molar-refractivity contribution in [3.63, 3.8) is 0 Å². The van der Waals surface area contributed by atoms with Crippen LogP contribution in [0.25, 0.3) is 0 Å². The van der Waals surface area contributed by atoms with Crippen molar-refractivity contribution in [1.29, 1.82) is 0 Å². The van der Waals surface area contributed by atoms with Gasteiger partial charge in [0.2, 0.25) is 5.91 Å². The Morgan fingerprint density at radius 3 is 2.27 bits per heavy atom. The van der Waals surface area contributed by atoms with Crippen LogP contribution in [0.4, 0.5) is 0 Å². The van der Waals surface area contributed by atoms with Gasteiger partial charge in [-0.2, -0.15) is 5.90 Å². The van der Waals surface area contributed by atoms with Crippen molar-refractivity contribution in [2.45, 2.75) is 38.5 Å². The Labute approximate surface area is 89.0 Å². The number of nitrogens with one attached hydrogen (secondary N) is 1. The Bertz CT molecular complexity index is 197. The molecule has 0 aromatic carbocycles. The fourth-order valence-electron chi connectivity index (χ4n) is 1.13. The van der Waals surface area contributed by atoms with Gasteiger partial charge in [-0.25, -0.2) is 5.48 Å². The zero-order valence-electron chi connectivity index (χ0n) is 8.95. The molecule has 0 aromatic heterocycles. The van der Waals surface area contributed by atoms with E-state index in [4.69, 9.17) is 0 Å². The lowest BCUT2D eigenvalue weighted by Crippen LogP contribution is -2.21. The van der Waals surface area contributed by atoms with Gasteiger partial charge in [-0.1, -0.05) is 12.8 Å². The lowest BCUT2D eigenvalue weighted by Gasteiger charge is -2.01. The van der Waals surface area contributed by atoms with Gasteiger partial charge < -0.3 is 4.84 Å². The van der Waals surface area contributed by atoms with Crippen LogP contribution in [-0.4, -0.2) is 19.0 Å². The molecule has 3 N–H and O–H groups in total. The fraction of sp³-hybridized carbons (Fsp3) is 0.778. The molecule has 0 spiro atoms. The molecule has 0 fully saturated rings. The smallest absolute Gasteiger partial charge is 0.324 e. The van der Waals surface area contributed by atoms with E-state index in [1.54, 1.807) is 0 Å². The van der Waals surface area contributed by atoms with Crippen LogP contribution in [0.1, 0.15) is 38.5 Å². The molecule has 0 atom stereocenters. The van der Waals surface area contributed by atoms with Gasteiger partial charge in [0.05, 0.1) is 7.11 Å². The van der Waals surface area contributed by atoms with Crippen LogP contribution in [0.2, 0.25) is 0 Å². The molecule has 0 aliphatic carbocycles. The predicted molar refractivity (Wildman–Crippen MR) is 53.1 cm³/mol. The van der Waals surface area contributed by atoms with E-state index in [1.165, 1.54) is 7.11 Å². The van der Waals surface area contributed by atoms with Crippen molar-refractivity contribution in [2.75, 3.05) is 7.11 Å². The van der Waals surface area contributed by atoms with Crippen molar-refractivity contribution in [2.24, 2.45) is 5.90 Å². The van der Waals surface area contributed by atoms with Crippen molar-refractivity contribution >= 4 is 11.9 Å². The number of carbonyl (C=O) groups is 2. The molecule has 6 nitrogen and oxygen atoms in total. The highest BCUT2D eigenvalue weighted by atomic mass is 16.7. The minimum absolute atomic E-state index is 0.126. The summed E-state index contributed by atoms with van der Waals surface area (Å²) in [6.45, 7) is 0. The maximum absolute atomic E-state index is 10.9. The van der Waals surface area contributed by atoms with Crippen LogP contribution in [0, 0.1) is 0 Å². The molecule has 0 heterocycles. The molecule has 0 unspecified atom stereocenters. The first-order valence-corrected chi connectivity index (χ1v) is 4.92. The third-order valence-electron chi connectivity index (χ3n) is 1.88. The van der Waals surface area contributed by atoms with E-state index < -0.39 is 5.97 Å². The lowest BCUT2D eigenvalue weighted by atomic mass is 10.1. The summed E-state index contributed by atoms with van der Waals surface area (Å²) >= 11 is 0. The van der Waals surface area contributed by atoms with Gasteiger partial charge in [0.25, 0.3) is 0 Å². The minimum Gasteiger partial charge on any atom is -0.373 e. The highest BCUT2D eigenvalue weighted by molar-refractivity contribution is 5.74. The van der Waals surface area contributed by atoms with Gasteiger partial charge >= 0.3 is 5.97 Å². The van der Waals surface area contributed by atoms with Gasteiger partial charge in [0.1, 0.15) is 0 Å². The molecule has 1 amide bonds. The van der Waals surface area contributed by atoms with E-state index in [0.717, 1.165) is 25.7 Å². The van der Waals surface area contributed by atoms with Crippen LogP contribution >= 0.6 is 0 Å². The number of carbonyl (C=O) groups excluding carboxylic acids is 2. The van der Waals surface area contributed by atoms with Crippen molar-refractivity contribution in [3.05, 3.63) is 0 Å². The summed E-state index contributed by atoms with van der Waals surface area (Å²) in [5.74, 6) is 4.15. The maximum Gasteiger partial charge on any atom is 0.324 e. The summed E-state index contributed by atoms with van der Waals surface area (Å²) in [7, 11) is 1.40. The summed E-state index contributed by atoms with van der Waals surface area (Å²) in [6, 6.07) is 0. The number of hydroxylamine groups is 1. The molecule has 0 radical (unpaired) electrons. The molecule has 0 saturated carbocycles. The molecule has 0 aliphatic heterocycles. The molecule has 0 saturated heterocycles. The third kappa shape index (κ3) is 9.17. The standard InChI is InChI=1S/C9H18N2O4/c1-14-11-8(12)6-4-2-3-5-7-9(13)15-10/h2-7,10H2,1H3,(H,11,12). The fourth-order valence-corrected chi connectivity index (χ4v) is 1.13. The van der Waals surface area contributed by atoms with Gasteiger partial charge in [0.15, 0.2) is 0 Å². The highest BCUT2D eigenvalue weighted by Gasteiger charge is 2.01. The molecular weight excluding hydrogens is 200 g/mol. The summed E-state index contributed by atoms with van der Waals surface area (Å²) in [4.78, 5) is 30.0. The first-order valence-electron chi connectivity index (χ1n) is 4.92. The average molecular weight is 218 g/mol. The van der Waals surface area contributed by atoms with E-state index in [1.807, 2.05) is 0 Å². The zero-order chi connectivity index (χ0) is 11.5. The Kier molecular flexibility index (Phi) is 8.70. The van der Waals surface area contributed by atoms with E-state index in [0.29, 0.717) is 12.8 Å². The molecular formula is C9H18N2O4. The normalized spacial score (nSPS) is 9.73. The van der Waals surface area contributed by atoms with E-state index in [2.05, 4.69) is 21.1 Å². The Balaban J connectivity index is 3.18. The number of hydrogen-bond acceptors (Lipinski definition) is 5. The van der Waals surface area contributed by atoms with Crippen LogP contribution in [-0.2, 0) is 19.3 Å². The molecule has 0 bridgehead atoms. The highest BCUT2D eigenvalue weighted by Crippen LogP contribution is 2.05. The summed E-state index contributed by atoms with van der Waals surface area (Å²) in [6.07, 6.45) is 4.08. The van der Waals surface area contributed by atoms with E-state index in [-0.39, 0.29) is 5.91 Å². The maximum atomic E-state index is 10.9. The Hall–Kier alpha value is -1.14. The largest absolute Gasteiger partial charge is 0.373 e. The second-order valence-corrected chi connectivity index (χ2v) is 3.13. The van der Waals surface area contributed by atoms with Crippen molar-refractivity contribution in [3.8, 4) is 0 Å². The molecule has 15 heavy (non-hydrogen) atoms. The van der Waals surface area contributed by atoms with Gasteiger partial charge in [-0.05, 0) is 12.8 Å². The summed E-state index contributed by atoms with van der Waals surface area (Å²) in [5.41, 5.74) is 2.23. The van der Waals surface area contributed by atoms with Crippen LogP contribution in [0.5, 0.6) is 0 Å². The topological polar surface area (TPSA) is 90.6 Å². The van der Waals surface area contributed by atoms with Gasteiger partial charge in [-0.3, -0.25) is 14.4 Å². The first kappa shape index (κ1) is 13.9. The van der Waals surface area contributed by atoms with Gasteiger partial charge in [-0.15, -0.1) is 0 Å². The molecule has 0 aliphatic rings. The third-order valence-corrected chi connectivity index (χ3v) is 1.88. The lowest BCUT2D eigenvalue weighted by molar-refractivity contribution is -0.144. The number of amides is 1. The predicted octanol–water partition coefficient (Wildman–Crippen LogP) is 0.421. The number of unbranched alkanes of at least 4 members (excludes halogenated alkanes) is 3. The average Bonchev–Trinajstić information content (AvgIpc) is 2.23. The summed E-state index contributed by atoms with van der Waals surface area (Å²) < 4.78 is 0. The Morgan fingerprint density at radius 2 is 1.73 bits per heavy atom. The van der Waals surface area contributed by atoms with Gasteiger partial charge in [0, 0.05) is 12.8 Å². The van der Waals surface area contributed by atoms with E-state index >= 15 is 0 Å². The van der Waals surface area contributed by atoms with Crippen LogP contribution in [0.15, 0.2) is 0 Å². The molecule has 88 valence electrons. The number of rotatable bonds is 8. The first-order chi connectivity index (χ1) is 7.20.